The van der Waals surface area contributed by atoms with Crippen molar-refractivity contribution in [1.29, 1.82) is 0 Å². The number of carbonyl (C=O) groups excluding carboxylic acids is 1. The van der Waals surface area contributed by atoms with Crippen molar-refractivity contribution < 1.29 is 9.90 Å². The lowest BCUT2D eigenvalue weighted by Gasteiger charge is -2.17. The SMILES string of the molecule is CN(C)CCCN(C)C(=O)c1ccc(-c2cc(=NC3CC3)n3nc/c(=C\c4[nH]c(=O)[nH]c4O)c3n2)s1. The molecule has 11 nitrogen and oxygen atoms in total. The van der Waals surface area contributed by atoms with Crippen molar-refractivity contribution in [2.75, 3.05) is 34.2 Å². The fourth-order valence-electron chi connectivity index (χ4n) is 3.83. The maximum atomic E-state index is 13.0. The van der Waals surface area contributed by atoms with Crippen LogP contribution in [-0.2, 0) is 0 Å². The lowest BCUT2D eigenvalue weighted by atomic mass is 10.3. The van der Waals surface area contributed by atoms with E-state index in [0.717, 1.165) is 30.7 Å². The maximum absolute atomic E-state index is 13.0. The third-order valence-electron chi connectivity index (χ3n) is 5.89. The van der Waals surface area contributed by atoms with Gasteiger partial charge >= 0.3 is 5.69 Å². The molecule has 0 aliphatic heterocycles. The summed E-state index contributed by atoms with van der Waals surface area (Å²) in [6, 6.07) is 5.89. The van der Waals surface area contributed by atoms with Gasteiger partial charge in [-0.05, 0) is 58.1 Å². The van der Waals surface area contributed by atoms with Crippen molar-refractivity contribution in [2.24, 2.45) is 4.99 Å². The molecular formula is C24H28N8O3S. The van der Waals surface area contributed by atoms with Gasteiger partial charge in [0.25, 0.3) is 5.91 Å². The predicted molar refractivity (Wildman–Crippen MR) is 137 cm³/mol. The zero-order chi connectivity index (χ0) is 25.4. The van der Waals surface area contributed by atoms with Crippen LogP contribution in [0.25, 0.3) is 22.3 Å². The first kappa shape index (κ1) is 23.9. The summed E-state index contributed by atoms with van der Waals surface area (Å²) in [6.07, 6.45) is 6.21. The topological polar surface area (TPSA) is 135 Å². The lowest BCUT2D eigenvalue weighted by molar-refractivity contribution is 0.0795. The molecule has 12 heteroatoms. The number of rotatable bonds is 8. The van der Waals surface area contributed by atoms with Crippen LogP contribution in [0.4, 0.5) is 0 Å². The summed E-state index contributed by atoms with van der Waals surface area (Å²) in [6.45, 7) is 1.60. The third-order valence-corrected chi connectivity index (χ3v) is 6.99. The van der Waals surface area contributed by atoms with Crippen LogP contribution in [-0.4, -0.2) is 85.7 Å². The zero-order valence-electron chi connectivity index (χ0n) is 20.4. The minimum absolute atomic E-state index is 0.0146. The van der Waals surface area contributed by atoms with Crippen LogP contribution in [0.3, 0.4) is 0 Å². The predicted octanol–water partition coefficient (Wildman–Crippen LogP) is 0.814. The number of nitrogens with one attached hydrogen (secondary N) is 2. The number of fused-ring (bicyclic) bond motifs is 1. The van der Waals surface area contributed by atoms with Crippen molar-refractivity contribution in [1.82, 2.24) is 34.4 Å². The minimum atomic E-state index is -0.504. The Morgan fingerprint density at radius 1 is 1.28 bits per heavy atom. The molecule has 1 aliphatic carbocycles. The summed E-state index contributed by atoms with van der Waals surface area (Å²) in [5.41, 5.74) is 1.63. The fourth-order valence-corrected chi connectivity index (χ4v) is 4.79. The van der Waals surface area contributed by atoms with Gasteiger partial charge in [-0.3, -0.25) is 14.8 Å². The number of nitrogens with zero attached hydrogens (tertiary/aromatic N) is 6. The monoisotopic (exact) mass is 508 g/mol. The summed E-state index contributed by atoms with van der Waals surface area (Å²) in [5, 5.41) is 15.0. The number of aromatic hydroxyl groups is 1. The first-order chi connectivity index (χ1) is 17.3. The molecule has 0 atom stereocenters. The van der Waals surface area contributed by atoms with Gasteiger partial charge in [0, 0.05) is 24.9 Å². The van der Waals surface area contributed by atoms with Crippen LogP contribution in [0.2, 0.25) is 0 Å². The van der Waals surface area contributed by atoms with Gasteiger partial charge in [-0.2, -0.15) is 9.61 Å². The number of amides is 1. The molecule has 1 fully saturated rings. The van der Waals surface area contributed by atoms with E-state index in [1.54, 1.807) is 21.7 Å². The smallest absolute Gasteiger partial charge is 0.326 e. The highest BCUT2D eigenvalue weighted by Gasteiger charge is 2.21. The van der Waals surface area contributed by atoms with Crippen molar-refractivity contribution in [2.45, 2.75) is 25.3 Å². The van der Waals surface area contributed by atoms with Crippen molar-refractivity contribution in [3.05, 3.63) is 56.2 Å². The first-order valence-electron chi connectivity index (χ1n) is 11.7. The van der Waals surface area contributed by atoms with Crippen LogP contribution in [0.15, 0.2) is 34.2 Å². The van der Waals surface area contributed by atoms with E-state index < -0.39 is 5.69 Å². The second kappa shape index (κ2) is 9.70. The summed E-state index contributed by atoms with van der Waals surface area (Å²) in [7, 11) is 5.86. The van der Waals surface area contributed by atoms with Gasteiger partial charge in [-0.25, -0.2) is 9.78 Å². The second-order valence-electron chi connectivity index (χ2n) is 9.23. The Kier molecular flexibility index (Phi) is 6.46. The van der Waals surface area contributed by atoms with E-state index >= 15 is 0 Å². The molecule has 36 heavy (non-hydrogen) atoms. The average molecular weight is 509 g/mol. The van der Waals surface area contributed by atoms with E-state index in [-0.39, 0.29) is 23.5 Å². The molecule has 5 rings (SSSR count). The van der Waals surface area contributed by atoms with E-state index in [9.17, 15) is 14.7 Å². The molecule has 0 aromatic carbocycles. The van der Waals surface area contributed by atoms with E-state index in [1.807, 2.05) is 39.3 Å². The molecule has 0 unspecified atom stereocenters. The highest BCUT2D eigenvalue weighted by atomic mass is 32.1. The van der Waals surface area contributed by atoms with Gasteiger partial charge in [0.1, 0.15) is 5.69 Å². The van der Waals surface area contributed by atoms with Crippen LogP contribution < -0.4 is 16.4 Å². The summed E-state index contributed by atoms with van der Waals surface area (Å²) >= 11 is 1.39. The zero-order valence-corrected chi connectivity index (χ0v) is 21.2. The van der Waals surface area contributed by atoms with Crippen LogP contribution in [0, 0.1) is 0 Å². The Balaban J connectivity index is 1.52. The minimum Gasteiger partial charge on any atom is -0.493 e. The number of aromatic nitrogens is 5. The molecule has 1 amide bonds. The molecule has 1 aliphatic rings. The Bertz CT molecular complexity index is 1590. The van der Waals surface area contributed by atoms with Crippen molar-refractivity contribution in [3.8, 4) is 16.5 Å². The number of hydrogen-bond donors (Lipinski definition) is 3. The van der Waals surface area contributed by atoms with Crippen LogP contribution in [0.1, 0.15) is 34.6 Å². The lowest BCUT2D eigenvalue weighted by Crippen LogP contribution is -2.29. The van der Waals surface area contributed by atoms with Gasteiger partial charge in [0.15, 0.2) is 11.1 Å². The summed E-state index contributed by atoms with van der Waals surface area (Å²) in [4.78, 5) is 44.3. The number of aromatic amines is 2. The Morgan fingerprint density at radius 2 is 2.08 bits per heavy atom. The van der Waals surface area contributed by atoms with Gasteiger partial charge in [0.2, 0.25) is 5.88 Å². The van der Waals surface area contributed by atoms with Crippen LogP contribution >= 0.6 is 11.3 Å². The molecule has 0 radical (unpaired) electrons. The molecule has 4 aromatic rings. The normalized spacial score (nSPS) is 14.9. The first-order valence-corrected chi connectivity index (χ1v) is 12.6. The maximum Gasteiger partial charge on any atom is 0.326 e. The van der Waals surface area contributed by atoms with Crippen molar-refractivity contribution in [3.63, 3.8) is 0 Å². The molecule has 0 spiro atoms. The van der Waals surface area contributed by atoms with Gasteiger partial charge < -0.3 is 19.9 Å². The highest BCUT2D eigenvalue weighted by Crippen LogP contribution is 2.27. The molecule has 4 aromatic heterocycles. The Hall–Kier alpha value is -3.77. The number of thiophene rings is 1. The highest BCUT2D eigenvalue weighted by molar-refractivity contribution is 7.17. The molecule has 188 valence electrons. The van der Waals surface area contributed by atoms with E-state index in [0.29, 0.717) is 33.5 Å². The molecule has 0 saturated heterocycles. The van der Waals surface area contributed by atoms with E-state index in [1.165, 1.54) is 11.3 Å². The second-order valence-corrected chi connectivity index (χ2v) is 10.3. The van der Waals surface area contributed by atoms with Gasteiger partial charge in [0.05, 0.1) is 27.7 Å². The quantitative estimate of drug-likeness (QED) is 0.322. The summed E-state index contributed by atoms with van der Waals surface area (Å²) in [5.74, 6) is -0.270. The molecule has 0 bridgehead atoms. The van der Waals surface area contributed by atoms with Crippen LogP contribution in [0.5, 0.6) is 5.88 Å². The largest absolute Gasteiger partial charge is 0.493 e. The van der Waals surface area contributed by atoms with E-state index in [2.05, 4.69) is 20.0 Å². The third kappa shape index (κ3) is 5.09. The van der Waals surface area contributed by atoms with Crippen molar-refractivity contribution >= 4 is 29.0 Å². The standard InChI is InChI=1S/C24H28N8O3S/c1-30(2)9-4-10-31(3)23(34)19-8-7-18(36-19)16-12-20(26-15-5-6-15)32-21(27-16)14(13-25-32)11-17-22(33)29-24(35)28-17/h7-8,11-13,15,33H,4-6,9-10H2,1-3H3,(H2,28,29,35)/b14-11+,26-20?. The van der Waals surface area contributed by atoms with Gasteiger partial charge in [-0.15, -0.1) is 11.3 Å². The number of hydrogen-bond acceptors (Lipinski definition) is 8. The summed E-state index contributed by atoms with van der Waals surface area (Å²) < 4.78 is 1.66. The van der Waals surface area contributed by atoms with Gasteiger partial charge in [-0.1, -0.05) is 0 Å². The molecule has 3 N–H and O–H groups in total. The Labute approximate surface area is 210 Å². The fraction of sp³-hybridized carbons (Fsp3) is 0.375. The number of carbonyl (C=O) groups is 1. The Morgan fingerprint density at radius 3 is 2.78 bits per heavy atom. The molecular weight excluding hydrogens is 480 g/mol. The number of H-pyrrole nitrogens is 2. The number of imidazole rings is 1. The molecule has 1 saturated carbocycles. The molecule has 4 heterocycles. The average Bonchev–Trinajstić information content (AvgIpc) is 3.22. The van der Waals surface area contributed by atoms with E-state index in [4.69, 9.17) is 9.98 Å².